The number of methoxy groups -OCH3 is 1. The van der Waals surface area contributed by atoms with E-state index in [2.05, 4.69) is 0 Å². The third kappa shape index (κ3) is 3.87. The highest BCUT2D eigenvalue weighted by molar-refractivity contribution is 6.32. The zero-order valence-electron chi connectivity index (χ0n) is 10.4. The Kier molecular flexibility index (Phi) is 5.25. The van der Waals surface area contributed by atoms with Crippen LogP contribution in [0.15, 0.2) is 18.2 Å². The maximum absolute atomic E-state index is 9.62. The lowest BCUT2D eigenvalue weighted by Crippen LogP contribution is -2.24. The maximum Gasteiger partial charge on any atom is 0.137 e. The molecule has 2 N–H and O–H groups in total. The number of ether oxygens (including phenoxy) is 1. The van der Waals surface area contributed by atoms with E-state index in [1.165, 1.54) is 0 Å². The summed E-state index contributed by atoms with van der Waals surface area (Å²) < 4.78 is 5.08. The molecule has 0 aliphatic carbocycles. The number of halogens is 1. The van der Waals surface area contributed by atoms with Crippen molar-refractivity contribution in [1.82, 2.24) is 0 Å². The summed E-state index contributed by atoms with van der Waals surface area (Å²) in [6, 6.07) is 5.56. The smallest absolute Gasteiger partial charge is 0.137 e. The van der Waals surface area contributed by atoms with Gasteiger partial charge in [0.2, 0.25) is 0 Å². The van der Waals surface area contributed by atoms with Crippen LogP contribution in [0.4, 0.5) is 0 Å². The topological polar surface area (TPSA) is 49.7 Å². The largest absolute Gasteiger partial charge is 0.495 e. The normalized spacial score (nSPS) is 16.4. The van der Waals surface area contributed by atoms with Crippen LogP contribution in [0.25, 0.3) is 0 Å². The molecule has 0 saturated carbocycles. The Labute approximate surface area is 107 Å². The average molecular weight is 259 g/mol. The maximum atomic E-state index is 9.62. The summed E-state index contributed by atoms with van der Waals surface area (Å²) in [5.41, 5.74) is 1.02. The molecule has 0 fully saturated rings. The zero-order chi connectivity index (χ0) is 13.0. The number of hydrogen-bond donors (Lipinski definition) is 2. The second-order valence-electron chi connectivity index (χ2n) is 4.34. The number of aliphatic hydroxyl groups excluding tert-OH is 2. The third-order valence-electron chi connectivity index (χ3n) is 2.90. The van der Waals surface area contributed by atoms with Crippen LogP contribution in [0, 0.1) is 0 Å². The van der Waals surface area contributed by atoms with Crippen molar-refractivity contribution in [2.75, 3.05) is 7.11 Å². The van der Waals surface area contributed by atoms with Crippen LogP contribution in [0.2, 0.25) is 5.02 Å². The molecule has 1 rings (SSSR count). The van der Waals surface area contributed by atoms with Crippen LogP contribution in [-0.2, 0) is 0 Å². The van der Waals surface area contributed by atoms with Crippen LogP contribution in [0.3, 0.4) is 0 Å². The molecule has 3 atom stereocenters. The van der Waals surface area contributed by atoms with E-state index in [9.17, 15) is 10.2 Å². The van der Waals surface area contributed by atoms with Crippen molar-refractivity contribution in [3.05, 3.63) is 28.8 Å². The van der Waals surface area contributed by atoms with Gasteiger partial charge in [-0.15, -0.1) is 0 Å². The average Bonchev–Trinajstić information content (AvgIpc) is 2.28. The second-order valence-corrected chi connectivity index (χ2v) is 4.75. The van der Waals surface area contributed by atoms with Crippen molar-refractivity contribution >= 4 is 11.6 Å². The van der Waals surface area contributed by atoms with Crippen molar-refractivity contribution in [3.63, 3.8) is 0 Å². The van der Waals surface area contributed by atoms with E-state index in [4.69, 9.17) is 16.3 Å². The number of benzene rings is 1. The van der Waals surface area contributed by atoms with Gasteiger partial charge >= 0.3 is 0 Å². The first-order valence-corrected chi connectivity index (χ1v) is 6.03. The van der Waals surface area contributed by atoms with Gasteiger partial charge in [0.05, 0.1) is 24.3 Å². The van der Waals surface area contributed by atoms with Gasteiger partial charge in [0.15, 0.2) is 0 Å². The molecule has 0 aliphatic rings. The molecule has 0 radical (unpaired) electrons. The van der Waals surface area contributed by atoms with Gasteiger partial charge in [0.25, 0.3) is 0 Å². The fourth-order valence-electron chi connectivity index (χ4n) is 1.68. The molecule has 0 amide bonds. The molecule has 0 bridgehead atoms. The Bertz CT molecular complexity index is 366. The van der Waals surface area contributed by atoms with Crippen LogP contribution in [0.5, 0.6) is 5.75 Å². The monoisotopic (exact) mass is 258 g/mol. The molecular weight excluding hydrogens is 240 g/mol. The predicted molar refractivity (Wildman–Crippen MR) is 68.7 cm³/mol. The SMILES string of the molecule is COc1ccc(C(C)CC(O)C(C)O)cc1Cl. The first kappa shape index (κ1) is 14.3. The Morgan fingerprint density at radius 1 is 1.29 bits per heavy atom. The highest BCUT2D eigenvalue weighted by Crippen LogP contribution is 2.30. The van der Waals surface area contributed by atoms with Crippen molar-refractivity contribution in [2.24, 2.45) is 0 Å². The molecule has 0 saturated heterocycles. The Morgan fingerprint density at radius 2 is 1.94 bits per heavy atom. The van der Waals surface area contributed by atoms with Gasteiger partial charge in [-0.25, -0.2) is 0 Å². The molecule has 17 heavy (non-hydrogen) atoms. The van der Waals surface area contributed by atoms with Gasteiger partial charge in [-0.3, -0.25) is 0 Å². The van der Waals surface area contributed by atoms with Crippen LogP contribution in [0.1, 0.15) is 31.7 Å². The molecule has 1 aromatic rings. The van der Waals surface area contributed by atoms with Crippen LogP contribution >= 0.6 is 11.6 Å². The lowest BCUT2D eigenvalue weighted by Gasteiger charge is -2.19. The number of rotatable bonds is 5. The fraction of sp³-hybridized carbons (Fsp3) is 0.538. The molecule has 3 unspecified atom stereocenters. The van der Waals surface area contributed by atoms with Gasteiger partial charge in [0, 0.05) is 0 Å². The van der Waals surface area contributed by atoms with Gasteiger partial charge in [0.1, 0.15) is 5.75 Å². The molecular formula is C13H19ClO3. The lowest BCUT2D eigenvalue weighted by atomic mass is 9.93. The third-order valence-corrected chi connectivity index (χ3v) is 3.19. The minimum Gasteiger partial charge on any atom is -0.495 e. The molecule has 3 nitrogen and oxygen atoms in total. The van der Waals surface area contributed by atoms with E-state index >= 15 is 0 Å². The highest BCUT2D eigenvalue weighted by atomic mass is 35.5. The number of hydrogen-bond acceptors (Lipinski definition) is 3. The summed E-state index contributed by atoms with van der Waals surface area (Å²) in [6.45, 7) is 3.57. The van der Waals surface area contributed by atoms with Crippen LogP contribution in [-0.4, -0.2) is 29.5 Å². The molecule has 1 aromatic carbocycles. The van der Waals surface area contributed by atoms with E-state index in [0.29, 0.717) is 17.2 Å². The summed E-state index contributed by atoms with van der Waals surface area (Å²) in [5.74, 6) is 0.765. The summed E-state index contributed by atoms with van der Waals surface area (Å²) in [6.07, 6.45) is -0.933. The minimum atomic E-state index is -0.717. The number of aliphatic hydroxyl groups is 2. The van der Waals surface area contributed by atoms with Crippen molar-refractivity contribution in [3.8, 4) is 5.75 Å². The summed E-state index contributed by atoms with van der Waals surface area (Å²) >= 11 is 6.04. The Balaban J connectivity index is 2.76. The molecule has 4 heteroatoms. The zero-order valence-corrected chi connectivity index (χ0v) is 11.1. The summed E-state index contributed by atoms with van der Waals surface area (Å²) in [7, 11) is 1.57. The fourth-order valence-corrected chi connectivity index (χ4v) is 1.95. The highest BCUT2D eigenvalue weighted by Gasteiger charge is 2.17. The van der Waals surface area contributed by atoms with Gasteiger partial charge < -0.3 is 14.9 Å². The molecule has 96 valence electrons. The molecule has 0 aliphatic heterocycles. The van der Waals surface area contributed by atoms with Gasteiger partial charge in [-0.05, 0) is 37.0 Å². The second kappa shape index (κ2) is 6.24. The standard InChI is InChI=1S/C13H19ClO3/c1-8(6-12(16)9(2)15)10-4-5-13(17-3)11(14)7-10/h4-5,7-9,12,15-16H,6H2,1-3H3. The van der Waals surface area contributed by atoms with E-state index < -0.39 is 12.2 Å². The van der Waals surface area contributed by atoms with E-state index in [-0.39, 0.29) is 5.92 Å². The summed E-state index contributed by atoms with van der Waals surface area (Å²) in [5, 5.41) is 19.4. The van der Waals surface area contributed by atoms with Gasteiger partial charge in [-0.2, -0.15) is 0 Å². The molecule has 0 heterocycles. The predicted octanol–water partition coefficient (Wildman–Crippen LogP) is 2.58. The van der Waals surface area contributed by atoms with E-state index in [0.717, 1.165) is 5.56 Å². The Morgan fingerprint density at radius 3 is 2.41 bits per heavy atom. The first-order chi connectivity index (χ1) is 7.95. The molecule has 0 spiro atoms. The van der Waals surface area contributed by atoms with Crippen LogP contribution < -0.4 is 4.74 Å². The Hall–Kier alpha value is -0.770. The van der Waals surface area contributed by atoms with Gasteiger partial charge in [-0.1, -0.05) is 24.6 Å². The summed E-state index contributed by atoms with van der Waals surface area (Å²) in [4.78, 5) is 0. The molecule has 0 aromatic heterocycles. The minimum absolute atomic E-state index is 0.128. The van der Waals surface area contributed by atoms with Crippen molar-refractivity contribution in [1.29, 1.82) is 0 Å². The van der Waals surface area contributed by atoms with Crippen molar-refractivity contribution < 1.29 is 14.9 Å². The quantitative estimate of drug-likeness (QED) is 0.854. The van der Waals surface area contributed by atoms with E-state index in [1.54, 1.807) is 14.0 Å². The lowest BCUT2D eigenvalue weighted by molar-refractivity contribution is 0.0227. The van der Waals surface area contributed by atoms with E-state index in [1.807, 2.05) is 25.1 Å². The van der Waals surface area contributed by atoms with Crippen molar-refractivity contribution in [2.45, 2.75) is 38.4 Å². The first-order valence-electron chi connectivity index (χ1n) is 5.65.